The largest absolute Gasteiger partial charge is 0.364 e. The third kappa shape index (κ3) is 3.17. The van der Waals surface area contributed by atoms with Crippen molar-refractivity contribution in [1.29, 1.82) is 0 Å². The first-order valence-electron chi connectivity index (χ1n) is 8.36. The van der Waals surface area contributed by atoms with Crippen LogP contribution < -0.4 is 4.90 Å². The molecule has 0 spiro atoms. The fraction of sp³-hybridized carbons (Fsp3) is 0.263. The minimum absolute atomic E-state index is 0.0430. The lowest BCUT2D eigenvalue weighted by atomic mass is 10.0. The topological polar surface area (TPSA) is 32.3 Å². The van der Waals surface area contributed by atoms with Crippen LogP contribution in [0.15, 0.2) is 41.1 Å². The molecule has 1 fully saturated rings. The quantitative estimate of drug-likeness (QED) is 0.627. The number of halogens is 3. The Kier molecular flexibility index (Phi) is 4.58. The molecule has 26 heavy (non-hydrogen) atoms. The smallest absolute Gasteiger partial charge is 0.150 e. The van der Waals surface area contributed by atoms with Crippen LogP contribution in [0.25, 0.3) is 22.2 Å². The van der Waals surface area contributed by atoms with E-state index in [4.69, 9.17) is 0 Å². The van der Waals surface area contributed by atoms with E-state index in [1.54, 1.807) is 4.90 Å². The van der Waals surface area contributed by atoms with Crippen LogP contribution in [0, 0.1) is 11.6 Å². The number of anilines is 1. The minimum Gasteiger partial charge on any atom is -0.364 e. The van der Waals surface area contributed by atoms with Gasteiger partial charge >= 0.3 is 0 Å². The summed E-state index contributed by atoms with van der Waals surface area (Å²) in [5.74, 6) is -1.13. The molecule has 1 saturated heterocycles. The molecule has 1 aliphatic heterocycles. The molecule has 4 nitrogen and oxygen atoms in total. The summed E-state index contributed by atoms with van der Waals surface area (Å²) in [4.78, 5) is 12.4. The molecule has 0 amide bonds. The Labute approximate surface area is 158 Å². The van der Waals surface area contributed by atoms with Crippen molar-refractivity contribution < 1.29 is 8.78 Å². The van der Waals surface area contributed by atoms with E-state index in [1.165, 1.54) is 18.5 Å². The minimum atomic E-state index is -0.564. The lowest BCUT2D eigenvalue weighted by molar-refractivity contribution is 0.310. The Morgan fingerprint density at radius 2 is 1.65 bits per heavy atom. The molecule has 0 N–H and O–H groups in total. The van der Waals surface area contributed by atoms with Crippen LogP contribution in [0.1, 0.15) is 0 Å². The maximum absolute atomic E-state index is 14.8. The fourth-order valence-corrected chi connectivity index (χ4v) is 3.65. The molecule has 2 heterocycles. The van der Waals surface area contributed by atoms with Crippen LogP contribution in [0.3, 0.4) is 0 Å². The highest BCUT2D eigenvalue weighted by Crippen LogP contribution is 2.33. The summed E-state index contributed by atoms with van der Waals surface area (Å²) in [6, 6.07) is 8.29. The monoisotopic (exact) mass is 418 g/mol. The molecule has 0 bridgehead atoms. The van der Waals surface area contributed by atoms with Gasteiger partial charge in [0.2, 0.25) is 0 Å². The van der Waals surface area contributed by atoms with Crippen molar-refractivity contribution in [2.75, 3.05) is 38.1 Å². The van der Waals surface area contributed by atoms with E-state index in [1.807, 2.05) is 25.2 Å². The van der Waals surface area contributed by atoms with E-state index < -0.39 is 11.6 Å². The number of piperazine rings is 1. The van der Waals surface area contributed by atoms with Crippen LogP contribution >= 0.6 is 15.9 Å². The first-order valence-corrected chi connectivity index (χ1v) is 9.15. The normalized spacial score (nSPS) is 15.6. The van der Waals surface area contributed by atoms with E-state index in [9.17, 15) is 8.78 Å². The molecule has 0 radical (unpaired) electrons. The average molecular weight is 419 g/mol. The van der Waals surface area contributed by atoms with Gasteiger partial charge in [0, 0.05) is 41.6 Å². The molecule has 0 unspecified atom stereocenters. The highest BCUT2D eigenvalue weighted by molar-refractivity contribution is 9.10. The van der Waals surface area contributed by atoms with E-state index >= 15 is 0 Å². The molecule has 0 atom stereocenters. The fourth-order valence-electron chi connectivity index (χ4n) is 3.29. The zero-order valence-electron chi connectivity index (χ0n) is 14.2. The van der Waals surface area contributed by atoms with Crippen molar-refractivity contribution in [3.63, 3.8) is 0 Å². The lowest BCUT2D eigenvalue weighted by Crippen LogP contribution is -2.45. The predicted molar refractivity (Wildman–Crippen MR) is 102 cm³/mol. The van der Waals surface area contributed by atoms with Gasteiger partial charge in [0.15, 0.2) is 0 Å². The third-order valence-electron chi connectivity index (χ3n) is 4.71. The Bertz CT molecular complexity index is 948. The van der Waals surface area contributed by atoms with Gasteiger partial charge in [-0.1, -0.05) is 15.9 Å². The van der Waals surface area contributed by atoms with Gasteiger partial charge in [0.25, 0.3) is 0 Å². The number of rotatable bonds is 2. The van der Waals surface area contributed by atoms with E-state index in [2.05, 4.69) is 30.8 Å². The van der Waals surface area contributed by atoms with Crippen LogP contribution in [-0.4, -0.2) is 48.1 Å². The molecule has 1 aliphatic rings. The van der Waals surface area contributed by atoms with Gasteiger partial charge in [0.1, 0.15) is 23.6 Å². The molecule has 1 aromatic heterocycles. The average Bonchev–Trinajstić information content (AvgIpc) is 2.62. The first kappa shape index (κ1) is 17.3. The number of hydrogen-bond acceptors (Lipinski definition) is 4. The number of fused-ring (bicyclic) bond motifs is 1. The first-order chi connectivity index (χ1) is 12.5. The standard InChI is InChI=1S/C19H17BrF2N4/c1-25-4-6-26(7-5-25)19-15(21)8-12(9-16(19)22)18-14-10-13(20)2-3-17(14)23-11-24-18/h2-3,8-11H,4-7H2,1H3. The van der Waals surface area contributed by atoms with Crippen molar-refractivity contribution in [2.24, 2.45) is 0 Å². The highest BCUT2D eigenvalue weighted by Gasteiger charge is 2.22. The van der Waals surface area contributed by atoms with Gasteiger partial charge in [0.05, 0.1) is 11.2 Å². The predicted octanol–water partition coefficient (Wildman–Crippen LogP) is 4.09. The van der Waals surface area contributed by atoms with Gasteiger partial charge in [-0.05, 0) is 37.4 Å². The number of nitrogens with zero attached hydrogens (tertiary/aromatic N) is 4. The van der Waals surface area contributed by atoms with Crippen LogP contribution in [-0.2, 0) is 0 Å². The number of benzene rings is 2. The molecule has 7 heteroatoms. The molecule has 3 aromatic rings. The Hall–Kier alpha value is -2.12. The van der Waals surface area contributed by atoms with Gasteiger partial charge in [-0.25, -0.2) is 18.7 Å². The summed E-state index contributed by atoms with van der Waals surface area (Å²) in [7, 11) is 2.01. The molecule has 0 aliphatic carbocycles. The number of aromatic nitrogens is 2. The van der Waals surface area contributed by atoms with Gasteiger partial charge < -0.3 is 9.80 Å². The van der Waals surface area contributed by atoms with Crippen molar-refractivity contribution in [3.05, 3.63) is 52.8 Å². The third-order valence-corrected chi connectivity index (χ3v) is 5.20. The molecule has 4 rings (SSSR count). The second kappa shape index (κ2) is 6.89. The second-order valence-corrected chi connectivity index (χ2v) is 7.38. The molecular weight excluding hydrogens is 402 g/mol. The molecular formula is C19H17BrF2N4. The number of hydrogen-bond donors (Lipinski definition) is 0. The van der Waals surface area contributed by atoms with Gasteiger partial charge in [-0.2, -0.15) is 0 Å². The van der Waals surface area contributed by atoms with Gasteiger partial charge in [-0.15, -0.1) is 0 Å². The SMILES string of the molecule is CN1CCN(c2c(F)cc(-c3ncnc4ccc(Br)cc34)cc2F)CC1. The summed E-state index contributed by atoms with van der Waals surface area (Å²) in [5, 5.41) is 0.744. The molecule has 0 saturated carbocycles. The highest BCUT2D eigenvalue weighted by atomic mass is 79.9. The van der Waals surface area contributed by atoms with Crippen LogP contribution in [0.5, 0.6) is 0 Å². The maximum atomic E-state index is 14.8. The van der Waals surface area contributed by atoms with E-state index in [0.29, 0.717) is 24.3 Å². The van der Waals surface area contributed by atoms with Crippen LogP contribution in [0.2, 0.25) is 0 Å². The Balaban J connectivity index is 1.79. The molecule has 2 aromatic carbocycles. The lowest BCUT2D eigenvalue weighted by Gasteiger charge is -2.34. The van der Waals surface area contributed by atoms with Crippen molar-refractivity contribution >= 4 is 32.5 Å². The molecule has 134 valence electrons. The second-order valence-electron chi connectivity index (χ2n) is 6.46. The maximum Gasteiger partial charge on any atom is 0.150 e. The summed E-state index contributed by atoms with van der Waals surface area (Å²) < 4.78 is 30.5. The zero-order chi connectivity index (χ0) is 18.3. The summed E-state index contributed by atoms with van der Waals surface area (Å²) >= 11 is 3.42. The van der Waals surface area contributed by atoms with E-state index in [-0.39, 0.29) is 5.69 Å². The summed E-state index contributed by atoms with van der Waals surface area (Å²) in [5.41, 5.74) is 1.69. The van der Waals surface area contributed by atoms with Crippen LogP contribution in [0.4, 0.5) is 14.5 Å². The Morgan fingerprint density at radius 1 is 0.962 bits per heavy atom. The van der Waals surface area contributed by atoms with Crippen molar-refractivity contribution in [2.45, 2.75) is 0 Å². The van der Waals surface area contributed by atoms with Crippen molar-refractivity contribution in [1.82, 2.24) is 14.9 Å². The summed E-state index contributed by atoms with van der Waals surface area (Å²) in [6.45, 7) is 2.77. The van der Waals surface area contributed by atoms with Crippen molar-refractivity contribution in [3.8, 4) is 11.3 Å². The summed E-state index contributed by atoms with van der Waals surface area (Å²) in [6.07, 6.45) is 1.41. The number of likely N-dealkylation sites (N-methyl/N-ethyl adjacent to an activating group) is 1. The van der Waals surface area contributed by atoms with E-state index in [0.717, 1.165) is 28.5 Å². The zero-order valence-corrected chi connectivity index (χ0v) is 15.8. The Morgan fingerprint density at radius 3 is 2.35 bits per heavy atom. The van der Waals surface area contributed by atoms with Gasteiger partial charge in [-0.3, -0.25) is 0 Å².